The van der Waals surface area contributed by atoms with Crippen LogP contribution in [0.1, 0.15) is 70.6 Å². The second-order valence-corrected chi connectivity index (χ2v) is 9.43. The molecule has 0 fully saturated rings. The van der Waals surface area contributed by atoms with E-state index in [4.69, 9.17) is 4.74 Å². The van der Waals surface area contributed by atoms with E-state index in [1.807, 2.05) is 0 Å². The van der Waals surface area contributed by atoms with E-state index >= 15 is 0 Å². The lowest BCUT2D eigenvalue weighted by atomic mass is 9.72. The van der Waals surface area contributed by atoms with E-state index in [0.717, 1.165) is 0 Å². The fourth-order valence-electron chi connectivity index (χ4n) is 4.02. The molecule has 0 unspecified atom stereocenters. The van der Waals surface area contributed by atoms with Gasteiger partial charge in [-0.15, -0.1) is 0 Å². The van der Waals surface area contributed by atoms with E-state index in [2.05, 4.69) is 103 Å². The molecule has 1 aliphatic rings. The molecule has 0 saturated heterocycles. The predicted octanol–water partition coefficient (Wildman–Crippen LogP) is 8.35. The average Bonchev–Trinajstić information content (AvgIpc) is 2.67. The van der Waals surface area contributed by atoms with Crippen LogP contribution in [0.15, 0.2) is 76.9 Å². The van der Waals surface area contributed by atoms with Crippen molar-refractivity contribution in [1.29, 1.82) is 0 Å². The first-order valence-corrected chi connectivity index (χ1v) is 11.2. The second kappa shape index (κ2) is 11.3. The Balaban J connectivity index is 1.85. The molecule has 0 radical (unpaired) electrons. The van der Waals surface area contributed by atoms with Crippen LogP contribution in [0, 0.1) is 19.3 Å². The highest BCUT2D eigenvalue weighted by atomic mass is 16.5. The van der Waals surface area contributed by atoms with Crippen molar-refractivity contribution in [1.82, 2.24) is 0 Å². The molecule has 0 N–H and O–H groups in total. The smallest absolute Gasteiger partial charge is 0.0723 e. The Hall–Kier alpha value is -2.12. The van der Waals surface area contributed by atoms with Crippen LogP contribution in [0.25, 0.3) is 0 Å². The molecule has 2 rings (SSSR count). The van der Waals surface area contributed by atoms with Gasteiger partial charge in [0.05, 0.1) is 13.2 Å². The van der Waals surface area contributed by atoms with Crippen molar-refractivity contribution in [3.05, 3.63) is 93.6 Å². The molecule has 0 aromatic heterocycles. The van der Waals surface area contributed by atoms with Gasteiger partial charge in [-0.2, -0.15) is 0 Å². The van der Waals surface area contributed by atoms with Gasteiger partial charge in [-0.25, -0.2) is 0 Å². The van der Waals surface area contributed by atoms with Crippen molar-refractivity contribution in [3.63, 3.8) is 0 Å². The zero-order valence-electron chi connectivity index (χ0n) is 20.1. The second-order valence-electron chi connectivity index (χ2n) is 9.43. The summed E-state index contributed by atoms with van der Waals surface area (Å²) in [4.78, 5) is 0. The molecule has 0 atom stereocenters. The first-order valence-electron chi connectivity index (χ1n) is 11.2. The highest BCUT2D eigenvalue weighted by molar-refractivity contribution is 5.37. The van der Waals surface area contributed by atoms with Crippen LogP contribution in [0.2, 0.25) is 0 Å². The number of hydrogen-bond donors (Lipinski definition) is 0. The molecule has 0 amide bonds. The molecule has 1 nitrogen and oxygen atoms in total. The Labute approximate surface area is 184 Å². The van der Waals surface area contributed by atoms with E-state index in [9.17, 15) is 0 Å². The van der Waals surface area contributed by atoms with Crippen molar-refractivity contribution < 1.29 is 4.74 Å². The Morgan fingerprint density at radius 1 is 1.07 bits per heavy atom. The molecule has 1 heteroatoms. The fraction of sp³-hybridized carbons (Fsp3) is 0.448. The number of rotatable bonds is 8. The highest BCUT2D eigenvalue weighted by Crippen LogP contribution is 2.40. The van der Waals surface area contributed by atoms with Gasteiger partial charge in [-0.1, -0.05) is 90.8 Å². The summed E-state index contributed by atoms with van der Waals surface area (Å²) in [6, 6.07) is 6.51. The van der Waals surface area contributed by atoms with Gasteiger partial charge in [0.1, 0.15) is 0 Å². The summed E-state index contributed by atoms with van der Waals surface area (Å²) >= 11 is 0. The third-order valence-corrected chi connectivity index (χ3v) is 6.06. The molecule has 162 valence electrons. The number of aryl methyl sites for hydroxylation is 2. The molecule has 0 spiro atoms. The summed E-state index contributed by atoms with van der Waals surface area (Å²) in [6.07, 6.45) is 17.0. The zero-order valence-corrected chi connectivity index (χ0v) is 20.1. The lowest BCUT2D eigenvalue weighted by Gasteiger charge is -2.32. The maximum atomic E-state index is 5.85. The summed E-state index contributed by atoms with van der Waals surface area (Å²) in [7, 11) is 0. The maximum Gasteiger partial charge on any atom is 0.0723 e. The Bertz CT molecular complexity index is 872. The topological polar surface area (TPSA) is 9.23 Å². The molecular formula is C29H40O. The van der Waals surface area contributed by atoms with Gasteiger partial charge in [0.15, 0.2) is 0 Å². The van der Waals surface area contributed by atoms with Crippen molar-refractivity contribution in [2.45, 2.75) is 74.3 Å². The Kier molecular flexibility index (Phi) is 9.11. The summed E-state index contributed by atoms with van der Waals surface area (Å²) in [6.45, 7) is 16.9. The first-order chi connectivity index (χ1) is 14.2. The summed E-state index contributed by atoms with van der Waals surface area (Å²) in [5.41, 5.74) is 9.69. The molecule has 1 aromatic rings. The molecule has 0 saturated carbocycles. The maximum absolute atomic E-state index is 5.85. The number of ether oxygens (including phenoxy) is 1. The van der Waals surface area contributed by atoms with Gasteiger partial charge in [-0.3, -0.25) is 0 Å². The fourth-order valence-corrected chi connectivity index (χ4v) is 4.02. The van der Waals surface area contributed by atoms with Gasteiger partial charge in [0, 0.05) is 0 Å². The minimum atomic E-state index is 0.297. The van der Waals surface area contributed by atoms with Gasteiger partial charge < -0.3 is 4.74 Å². The van der Waals surface area contributed by atoms with Gasteiger partial charge >= 0.3 is 0 Å². The molecule has 0 heterocycles. The third-order valence-electron chi connectivity index (χ3n) is 6.06. The number of benzene rings is 1. The summed E-state index contributed by atoms with van der Waals surface area (Å²) in [5.74, 6) is 0. The van der Waals surface area contributed by atoms with Crippen molar-refractivity contribution >= 4 is 0 Å². The van der Waals surface area contributed by atoms with Crippen LogP contribution in [0.5, 0.6) is 0 Å². The molecular weight excluding hydrogens is 364 g/mol. The molecule has 30 heavy (non-hydrogen) atoms. The quantitative estimate of drug-likeness (QED) is 0.312. The van der Waals surface area contributed by atoms with E-state index in [1.165, 1.54) is 52.7 Å². The Morgan fingerprint density at radius 2 is 1.83 bits per heavy atom. The van der Waals surface area contributed by atoms with E-state index in [1.54, 1.807) is 5.57 Å². The molecule has 0 bridgehead atoms. The van der Waals surface area contributed by atoms with Crippen LogP contribution >= 0.6 is 0 Å². The zero-order chi connectivity index (χ0) is 22.1. The van der Waals surface area contributed by atoms with Crippen LogP contribution < -0.4 is 0 Å². The van der Waals surface area contributed by atoms with Crippen LogP contribution in [-0.2, 0) is 11.3 Å². The summed E-state index contributed by atoms with van der Waals surface area (Å²) in [5, 5.41) is 0. The lowest BCUT2D eigenvalue weighted by molar-refractivity contribution is 0.148. The van der Waals surface area contributed by atoms with Gasteiger partial charge in [-0.05, 0) is 76.0 Å². The minimum Gasteiger partial charge on any atom is -0.373 e. The number of hydrogen-bond acceptors (Lipinski definition) is 1. The lowest BCUT2D eigenvalue weighted by Crippen LogP contribution is -2.19. The van der Waals surface area contributed by atoms with Crippen LogP contribution in [0.4, 0.5) is 0 Å². The first kappa shape index (κ1) is 24.2. The van der Waals surface area contributed by atoms with E-state index in [0.29, 0.717) is 18.6 Å². The monoisotopic (exact) mass is 404 g/mol. The van der Waals surface area contributed by atoms with Crippen molar-refractivity contribution in [2.24, 2.45) is 5.41 Å². The van der Waals surface area contributed by atoms with E-state index < -0.39 is 0 Å². The standard InChI is InChI=1S/C29H40O/c1-22(14-16-28-26(5)12-9-18-29(28,6)7)10-8-11-23(2)17-19-30-21-27-20-24(3)13-15-25(27)4/h8,10-11,13-17,20H,9,12,18-19,21H2,1-7H3. The molecule has 1 aromatic carbocycles. The highest BCUT2D eigenvalue weighted by Gasteiger charge is 2.26. The van der Waals surface area contributed by atoms with E-state index in [-0.39, 0.29) is 0 Å². The van der Waals surface area contributed by atoms with Crippen LogP contribution in [0.3, 0.4) is 0 Å². The summed E-state index contributed by atoms with van der Waals surface area (Å²) < 4.78 is 5.85. The average molecular weight is 405 g/mol. The third kappa shape index (κ3) is 7.61. The Morgan fingerprint density at radius 3 is 2.57 bits per heavy atom. The molecule has 0 aliphatic heterocycles. The SMILES string of the molecule is CC(C=CC1=C(C)CCCC1(C)C)=CC=CC(C)=CCOCc1cc(C)ccc1C. The normalized spacial score (nSPS) is 18.1. The van der Waals surface area contributed by atoms with Gasteiger partial charge in [0.25, 0.3) is 0 Å². The number of allylic oxidation sites excluding steroid dienone is 9. The predicted molar refractivity (Wildman–Crippen MR) is 132 cm³/mol. The largest absolute Gasteiger partial charge is 0.373 e. The molecule has 1 aliphatic carbocycles. The van der Waals surface area contributed by atoms with Crippen LogP contribution in [-0.4, -0.2) is 6.61 Å². The minimum absolute atomic E-state index is 0.297. The van der Waals surface area contributed by atoms with Crippen molar-refractivity contribution in [3.8, 4) is 0 Å². The van der Waals surface area contributed by atoms with Crippen molar-refractivity contribution in [2.75, 3.05) is 6.61 Å². The van der Waals surface area contributed by atoms with Gasteiger partial charge in [0.2, 0.25) is 0 Å².